The normalized spacial score (nSPS) is 15.0. The van der Waals surface area contributed by atoms with Crippen LogP contribution in [0.1, 0.15) is 76.1 Å². The van der Waals surface area contributed by atoms with Crippen molar-refractivity contribution in [3.05, 3.63) is 118 Å². The van der Waals surface area contributed by atoms with E-state index in [1.165, 1.54) is 50.1 Å². The lowest BCUT2D eigenvalue weighted by Crippen LogP contribution is -2.40. The molecule has 2 saturated heterocycles. The topological polar surface area (TPSA) is 119 Å². The fourth-order valence-corrected chi connectivity index (χ4v) is 8.02. The van der Waals surface area contributed by atoms with Gasteiger partial charge >= 0.3 is 12.1 Å². The van der Waals surface area contributed by atoms with Gasteiger partial charge in [0.15, 0.2) is 0 Å². The number of piperidine rings is 2. The molecular weight excluding hydrogens is 754 g/mol. The van der Waals surface area contributed by atoms with Gasteiger partial charge in [0.25, 0.3) is 11.8 Å². The van der Waals surface area contributed by atoms with Crippen molar-refractivity contribution in [2.75, 3.05) is 39.3 Å². The monoisotopic (exact) mass is 804 g/mol. The number of benzene rings is 3. The van der Waals surface area contributed by atoms with Crippen molar-refractivity contribution in [1.82, 2.24) is 20.4 Å². The number of nitrogens with one attached hydrogen (secondary N) is 2. The Bertz CT molecular complexity index is 1890. The predicted octanol–water partition coefficient (Wildman–Crippen LogP) is 8.07. The number of carbonyl (C=O) groups is 4. The number of carboxylic acid groups (broad SMARTS) is 1. The summed E-state index contributed by atoms with van der Waals surface area (Å²) in [6.45, 7) is 4.90. The summed E-state index contributed by atoms with van der Waals surface area (Å²) in [4.78, 5) is 53.7. The summed E-state index contributed by atoms with van der Waals surface area (Å²) in [6.07, 6.45) is 4.45. The van der Waals surface area contributed by atoms with E-state index in [1.54, 1.807) is 23.5 Å². The number of nitrogens with zero attached hydrogens (tertiary/aromatic N) is 2. The highest BCUT2D eigenvalue weighted by Crippen LogP contribution is 2.28. The minimum atomic E-state index is -5.08. The SMILES string of the molecule is O=C(NCC(=O)N(CCc1cccs1)Cc1cccc(-c2cccc(C(=O)N3CCC(CCCC4CCNCC4)CC3)c2)c1)c1ccccc1.O=C(O)C(F)(F)F. The molecule has 3 N–H and O–H groups in total. The van der Waals surface area contributed by atoms with E-state index in [4.69, 9.17) is 9.90 Å². The van der Waals surface area contributed by atoms with Gasteiger partial charge in [-0.1, -0.05) is 73.9 Å². The highest BCUT2D eigenvalue weighted by Gasteiger charge is 2.38. The third-order valence-corrected chi connectivity index (χ3v) is 11.5. The average Bonchev–Trinajstić information content (AvgIpc) is 3.76. The molecule has 57 heavy (non-hydrogen) atoms. The molecule has 6 rings (SSSR count). The van der Waals surface area contributed by atoms with E-state index >= 15 is 0 Å². The summed E-state index contributed by atoms with van der Waals surface area (Å²) >= 11 is 1.68. The van der Waals surface area contributed by atoms with Crippen LogP contribution in [0.15, 0.2) is 96.4 Å². The molecular formula is C44H51F3N4O5S. The molecule has 2 aliphatic heterocycles. The van der Waals surface area contributed by atoms with Crippen molar-refractivity contribution in [2.45, 2.75) is 64.1 Å². The maximum Gasteiger partial charge on any atom is 0.490 e. The Morgan fingerprint density at radius 2 is 1.44 bits per heavy atom. The van der Waals surface area contributed by atoms with Gasteiger partial charge in [0.05, 0.1) is 6.54 Å². The minimum Gasteiger partial charge on any atom is -0.475 e. The zero-order valence-corrected chi connectivity index (χ0v) is 32.8. The molecule has 3 aromatic carbocycles. The van der Waals surface area contributed by atoms with Gasteiger partial charge in [-0.25, -0.2) is 4.79 Å². The van der Waals surface area contributed by atoms with E-state index in [-0.39, 0.29) is 24.3 Å². The van der Waals surface area contributed by atoms with Crippen LogP contribution >= 0.6 is 11.3 Å². The van der Waals surface area contributed by atoms with Gasteiger partial charge in [-0.15, -0.1) is 11.3 Å². The standard InChI is InChI=1S/C42H50N4O3S.C2HF3O2/c47-40(30-44-41(48)35-11-2-1-3-12-35)46(26-21-39-16-7-27-50-39)31-34-10-5-13-36(28-34)37-14-6-15-38(29-37)42(49)45-24-19-33(20-25-45)9-4-8-32-17-22-43-23-18-32;3-2(4,5)1(6)7/h1-3,5-7,10-16,27-29,32-33,43H,4,8-9,17-26,30-31H2,(H,44,48);(H,6,7). The van der Waals surface area contributed by atoms with Crippen LogP contribution in [-0.4, -0.2) is 84.0 Å². The van der Waals surface area contributed by atoms with Crippen LogP contribution in [0.4, 0.5) is 13.2 Å². The van der Waals surface area contributed by atoms with Gasteiger partial charge in [-0.2, -0.15) is 13.2 Å². The zero-order valence-electron chi connectivity index (χ0n) is 32.0. The molecule has 0 saturated carbocycles. The van der Waals surface area contributed by atoms with Gasteiger partial charge in [0.2, 0.25) is 5.91 Å². The van der Waals surface area contributed by atoms with Crippen molar-refractivity contribution in [3.8, 4) is 11.1 Å². The van der Waals surface area contributed by atoms with Crippen LogP contribution in [0.3, 0.4) is 0 Å². The molecule has 9 nitrogen and oxygen atoms in total. The van der Waals surface area contributed by atoms with Gasteiger partial charge in [-0.3, -0.25) is 14.4 Å². The van der Waals surface area contributed by atoms with Crippen molar-refractivity contribution >= 4 is 35.0 Å². The lowest BCUT2D eigenvalue weighted by Gasteiger charge is -2.32. The van der Waals surface area contributed by atoms with Gasteiger partial charge in [0.1, 0.15) is 0 Å². The summed E-state index contributed by atoms with van der Waals surface area (Å²) in [5.74, 6) is -1.42. The number of carboxylic acids is 1. The fraction of sp³-hybridized carbons (Fsp3) is 0.409. The lowest BCUT2D eigenvalue weighted by molar-refractivity contribution is -0.192. The number of rotatable bonds is 14. The number of halogens is 3. The zero-order chi connectivity index (χ0) is 40.6. The van der Waals surface area contributed by atoms with Crippen LogP contribution < -0.4 is 10.6 Å². The maximum atomic E-state index is 13.6. The van der Waals surface area contributed by atoms with E-state index in [0.717, 1.165) is 66.4 Å². The van der Waals surface area contributed by atoms with Crippen LogP contribution in [0.5, 0.6) is 0 Å². The number of carbonyl (C=O) groups excluding carboxylic acids is 3. The van der Waals surface area contributed by atoms with Crippen LogP contribution in [-0.2, 0) is 22.6 Å². The molecule has 0 aliphatic carbocycles. The highest BCUT2D eigenvalue weighted by molar-refractivity contribution is 7.09. The molecule has 4 aromatic rings. The number of alkyl halides is 3. The number of amides is 3. The Kier molecular flexibility index (Phi) is 16.3. The van der Waals surface area contributed by atoms with E-state index < -0.39 is 12.1 Å². The summed E-state index contributed by atoms with van der Waals surface area (Å²) in [5.41, 5.74) is 4.24. The quantitative estimate of drug-likeness (QED) is 0.119. The van der Waals surface area contributed by atoms with Crippen LogP contribution in [0.2, 0.25) is 0 Å². The van der Waals surface area contributed by atoms with Gasteiger partial charge in [-0.05, 0) is 115 Å². The first kappa shape index (κ1) is 43.1. The summed E-state index contributed by atoms with van der Waals surface area (Å²) in [6, 6.07) is 29.2. The Balaban J connectivity index is 0.000000811. The first-order chi connectivity index (χ1) is 27.5. The second-order valence-electron chi connectivity index (χ2n) is 14.6. The second kappa shape index (κ2) is 21.5. The molecule has 13 heteroatoms. The molecule has 0 spiro atoms. The molecule has 1 aromatic heterocycles. The number of likely N-dealkylation sites (tertiary alicyclic amines) is 1. The van der Waals surface area contributed by atoms with Crippen molar-refractivity contribution in [1.29, 1.82) is 0 Å². The first-order valence-electron chi connectivity index (χ1n) is 19.6. The van der Waals surface area contributed by atoms with Crippen molar-refractivity contribution in [3.63, 3.8) is 0 Å². The molecule has 0 radical (unpaired) electrons. The molecule has 3 heterocycles. The fourth-order valence-electron chi connectivity index (χ4n) is 7.33. The van der Waals surface area contributed by atoms with Crippen LogP contribution in [0.25, 0.3) is 11.1 Å². The van der Waals surface area contributed by atoms with Crippen molar-refractivity contribution < 1.29 is 37.5 Å². The van der Waals surface area contributed by atoms with E-state index in [9.17, 15) is 27.6 Å². The first-order valence-corrected chi connectivity index (χ1v) is 20.5. The summed E-state index contributed by atoms with van der Waals surface area (Å²) < 4.78 is 31.7. The smallest absolute Gasteiger partial charge is 0.475 e. The van der Waals surface area contributed by atoms with Gasteiger partial charge < -0.3 is 25.5 Å². The number of hydrogen-bond acceptors (Lipinski definition) is 6. The number of aliphatic carboxylic acids is 1. The molecule has 0 atom stereocenters. The summed E-state index contributed by atoms with van der Waals surface area (Å²) in [7, 11) is 0. The maximum absolute atomic E-state index is 13.6. The van der Waals surface area contributed by atoms with Gasteiger partial charge in [0, 0.05) is 42.2 Å². The Labute approximate surface area is 336 Å². The molecule has 3 amide bonds. The third-order valence-electron chi connectivity index (χ3n) is 10.6. The molecule has 304 valence electrons. The third kappa shape index (κ3) is 13.9. The lowest BCUT2D eigenvalue weighted by atomic mass is 9.87. The van der Waals surface area contributed by atoms with E-state index in [0.29, 0.717) is 18.7 Å². The molecule has 0 bridgehead atoms. The Morgan fingerprint density at radius 1 is 0.807 bits per heavy atom. The molecule has 0 unspecified atom stereocenters. The Hall–Kier alpha value is -5.01. The minimum absolute atomic E-state index is 0.0718. The average molecular weight is 805 g/mol. The largest absolute Gasteiger partial charge is 0.490 e. The summed E-state index contributed by atoms with van der Waals surface area (Å²) in [5, 5.41) is 15.4. The Morgan fingerprint density at radius 3 is 2.09 bits per heavy atom. The molecule has 2 aliphatic rings. The van der Waals surface area contributed by atoms with Crippen molar-refractivity contribution in [2.24, 2.45) is 11.8 Å². The highest BCUT2D eigenvalue weighted by atomic mass is 32.1. The number of hydrogen-bond donors (Lipinski definition) is 3. The second-order valence-corrected chi connectivity index (χ2v) is 15.7. The predicted molar refractivity (Wildman–Crippen MR) is 216 cm³/mol. The van der Waals surface area contributed by atoms with E-state index in [1.807, 2.05) is 75.8 Å². The number of thiophene rings is 1. The van der Waals surface area contributed by atoms with Crippen LogP contribution in [0, 0.1) is 11.8 Å². The molecule has 2 fully saturated rings. The van der Waals surface area contributed by atoms with E-state index in [2.05, 4.69) is 28.8 Å².